The molecule has 1 heterocycles. The fourth-order valence-corrected chi connectivity index (χ4v) is 4.32. The smallest absolute Gasteiger partial charge is 0.242 e. The van der Waals surface area contributed by atoms with Crippen molar-refractivity contribution in [2.24, 2.45) is 33.7 Å². The van der Waals surface area contributed by atoms with E-state index < -0.39 is 12.1 Å². The molecule has 0 fully saturated rings. The van der Waals surface area contributed by atoms with E-state index in [4.69, 9.17) is 28.7 Å². The second-order valence-electron chi connectivity index (χ2n) is 8.06. The highest BCUT2D eigenvalue weighted by Gasteiger charge is 2.23. The third-order valence-electron chi connectivity index (χ3n) is 5.15. The number of aliphatic imine (C=N–C) groups is 1. The molecular weight excluding hydrogens is 440 g/mol. The van der Waals surface area contributed by atoms with Gasteiger partial charge in [-0.15, -0.1) is 11.3 Å². The molecule has 2 atom stereocenters. The molecule has 33 heavy (non-hydrogen) atoms. The van der Waals surface area contributed by atoms with Gasteiger partial charge in [-0.2, -0.15) is 0 Å². The van der Waals surface area contributed by atoms with Crippen LogP contribution in [-0.2, 0) is 22.4 Å². The van der Waals surface area contributed by atoms with E-state index in [0.29, 0.717) is 38.9 Å². The Balaban J connectivity index is 2.50. The van der Waals surface area contributed by atoms with Crippen LogP contribution in [0.4, 0.5) is 0 Å². The van der Waals surface area contributed by atoms with Crippen LogP contribution < -0.4 is 39.3 Å². The number of guanidine groups is 1. The van der Waals surface area contributed by atoms with Crippen molar-refractivity contribution in [3.8, 4) is 0 Å². The number of amides is 2. The normalized spacial score (nSPS) is 12.7. The summed E-state index contributed by atoms with van der Waals surface area (Å²) in [5, 5.41) is 5.74. The number of carbonyl (C=O) groups excluding carboxylic acids is 2. The molecule has 2 amide bonds. The minimum absolute atomic E-state index is 0.00929. The summed E-state index contributed by atoms with van der Waals surface area (Å²) in [5.74, 6) is -0.546. The predicted octanol–water partition coefficient (Wildman–Crippen LogP) is -0.317. The van der Waals surface area contributed by atoms with Crippen molar-refractivity contribution < 1.29 is 9.59 Å². The van der Waals surface area contributed by atoms with Crippen molar-refractivity contribution in [3.63, 3.8) is 0 Å². The molecule has 1 rings (SSSR count). The lowest BCUT2D eigenvalue weighted by molar-refractivity contribution is -0.129. The summed E-state index contributed by atoms with van der Waals surface area (Å²) in [6, 6.07) is 2.88. The molecule has 0 saturated heterocycles. The molecular formula is C22H42N8O2S. The molecule has 0 radical (unpaired) electrons. The quantitative estimate of drug-likeness (QED) is 0.0843. The zero-order valence-electron chi connectivity index (χ0n) is 19.6. The molecule has 0 spiro atoms. The maximum atomic E-state index is 12.7. The van der Waals surface area contributed by atoms with E-state index in [1.807, 2.05) is 0 Å². The van der Waals surface area contributed by atoms with Crippen LogP contribution in [0.15, 0.2) is 17.1 Å². The van der Waals surface area contributed by atoms with Gasteiger partial charge in [0.2, 0.25) is 11.8 Å². The molecule has 0 bridgehead atoms. The number of aryl methyl sites for hydroxylation is 1. The first-order chi connectivity index (χ1) is 15.9. The van der Waals surface area contributed by atoms with Gasteiger partial charge in [-0.3, -0.25) is 14.6 Å². The first-order valence-corrected chi connectivity index (χ1v) is 12.6. The number of carbonyl (C=O) groups is 2. The van der Waals surface area contributed by atoms with E-state index in [-0.39, 0.29) is 17.8 Å². The van der Waals surface area contributed by atoms with Gasteiger partial charge in [0, 0.05) is 22.8 Å². The van der Waals surface area contributed by atoms with Crippen LogP contribution in [0.2, 0.25) is 0 Å². The third kappa shape index (κ3) is 13.2. The van der Waals surface area contributed by atoms with E-state index in [1.165, 1.54) is 9.75 Å². The molecule has 0 saturated carbocycles. The van der Waals surface area contributed by atoms with Gasteiger partial charge in [0.15, 0.2) is 5.96 Å². The van der Waals surface area contributed by atoms with Crippen molar-refractivity contribution in [1.29, 1.82) is 0 Å². The van der Waals surface area contributed by atoms with Gasteiger partial charge in [-0.1, -0.05) is 0 Å². The summed E-state index contributed by atoms with van der Waals surface area (Å²) in [5.41, 5.74) is 27.7. The number of hydrogen-bond donors (Lipinski definition) is 7. The van der Waals surface area contributed by atoms with Gasteiger partial charge in [-0.25, -0.2) is 0 Å². The Morgan fingerprint density at radius 3 is 2.24 bits per heavy atom. The topological polar surface area (TPSA) is 201 Å². The summed E-state index contributed by atoms with van der Waals surface area (Å²) >= 11 is 1.77. The van der Waals surface area contributed by atoms with Crippen molar-refractivity contribution in [3.05, 3.63) is 21.9 Å². The molecule has 1 aromatic rings. The maximum absolute atomic E-state index is 12.7. The number of hydrogen-bond acceptors (Lipinski definition) is 7. The molecule has 0 aliphatic heterocycles. The number of rotatable bonds is 18. The maximum Gasteiger partial charge on any atom is 0.242 e. The lowest BCUT2D eigenvalue weighted by atomic mass is 10.1. The average molecular weight is 483 g/mol. The summed E-state index contributed by atoms with van der Waals surface area (Å²) in [6.07, 6.45) is 6.94. The molecule has 0 unspecified atom stereocenters. The van der Waals surface area contributed by atoms with Crippen LogP contribution in [0.3, 0.4) is 0 Å². The fourth-order valence-electron chi connectivity index (χ4n) is 3.26. The van der Waals surface area contributed by atoms with Crippen LogP contribution in [0.5, 0.6) is 0 Å². The Morgan fingerprint density at radius 1 is 0.909 bits per heavy atom. The van der Waals surface area contributed by atoms with Crippen molar-refractivity contribution >= 4 is 29.1 Å². The van der Waals surface area contributed by atoms with Gasteiger partial charge in [-0.05, 0) is 83.0 Å². The van der Waals surface area contributed by atoms with Crippen LogP contribution >= 0.6 is 11.3 Å². The van der Waals surface area contributed by atoms with E-state index >= 15 is 0 Å². The van der Waals surface area contributed by atoms with Gasteiger partial charge in [0.05, 0.1) is 6.04 Å². The Morgan fingerprint density at radius 2 is 1.58 bits per heavy atom. The lowest BCUT2D eigenvalue weighted by Gasteiger charge is -2.20. The number of unbranched alkanes of at least 4 members (excludes halogenated alkanes) is 2. The van der Waals surface area contributed by atoms with Gasteiger partial charge in [0.1, 0.15) is 6.04 Å². The van der Waals surface area contributed by atoms with E-state index in [2.05, 4.69) is 27.8 Å². The van der Waals surface area contributed by atoms with Crippen LogP contribution in [0.25, 0.3) is 0 Å². The summed E-state index contributed by atoms with van der Waals surface area (Å²) in [7, 11) is 0. The molecule has 0 aromatic carbocycles. The highest BCUT2D eigenvalue weighted by molar-refractivity contribution is 7.11. The zero-order chi connectivity index (χ0) is 24.5. The van der Waals surface area contributed by atoms with Crippen LogP contribution in [0.1, 0.15) is 54.7 Å². The Bertz CT molecular complexity index is 721. The largest absolute Gasteiger partial charge is 0.370 e. The molecule has 11 heteroatoms. The van der Waals surface area contributed by atoms with Crippen molar-refractivity contribution in [1.82, 2.24) is 10.6 Å². The van der Waals surface area contributed by atoms with Crippen LogP contribution in [0, 0.1) is 0 Å². The molecule has 1 aromatic heterocycles. The van der Waals surface area contributed by atoms with Crippen molar-refractivity contribution in [2.75, 3.05) is 26.2 Å². The monoisotopic (exact) mass is 482 g/mol. The zero-order valence-corrected chi connectivity index (χ0v) is 20.4. The second kappa shape index (κ2) is 17.3. The number of nitrogens with two attached hydrogens (primary N) is 5. The molecule has 12 N–H and O–H groups in total. The SMILES string of the molecule is NCCCCc1ccc(CCNC(=O)[C@@H](CCCCN)NC(=O)[C@@H](N)CCCN=C(N)N)s1. The second-order valence-corrected chi connectivity index (χ2v) is 9.31. The van der Waals surface area contributed by atoms with E-state index in [1.54, 1.807) is 11.3 Å². The fraction of sp³-hybridized carbons (Fsp3) is 0.682. The highest BCUT2D eigenvalue weighted by Crippen LogP contribution is 2.18. The van der Waals surface area contributed by atoms with E-state index in [0.717, 1.165) is 45.1 Å². The van der Waals surface area contributed by atoms with Crippen molar-refractivity contribution in [2.45, 2.75) is 69.9 Å². The predicted molar refractivity (Wildman–Crippen MR) is 136 cm³/mol. The van der Waals surface area contributed by atoms with Gasteiger partial charge < -0.3 is 39.3 Å². The standard InChI is InChI=1S/C22H42N8O2S/c23-12-3-1-6-16-9-10-17(33-16)11-15-28-21(32)19(8-2-4-13-24)30-20(31)18(25)7-5-14-29-22(26)27/h9-10,18-19H,1-8,11-15,23-25H2,(H,28,32)(H,30,31)(H4,26,27,29)/t18-,19+/m0/s1. The minimum atomic E-state index is -0.729. The first-order valence-electron chi connectivity index (χ1n) is 11.7. The first kappa shape index (κ1) is 28.8. The lowest BCUT2D eigenvalue weighted by Crippen LogP contribution is -2.51. The van der Waals surface area contributed by atoms with Gasteiger partial charge >= 0.3 is 0 Å². The summed E-state index contributed by atoms with van der Waals surface area (Å²) < 4.78 is 0. The Labute approximate surface area is 201 Å². The van der Waals surface area contributed by atoms with Gasteiger partial charge in [0.25, 0.3) is 0 Å². The van der Waals surface area contributed by atoms with Crippen LogP contribution in [-0.4, -0.2) is 56.0 Å². The number of nitrogens with zero attached hydrogens (tertiary/aromatic N) is 1. The molecule has 0 aliphatic carbocycles. The number of nitrogens with one attached hydrogen (secondary N) is 2. The summed E-state index contributed by atoms with van der Waals surface area (Å²) in [6.45, 7) is 2.17. The Kier molecular flexibility index (Phi) is 15.1. The highest BCUT2D eigenvalue weighted by atomic mass is 32.1. The molecule has 10 nitrogen and oxygen atoms in total. The number of thiophene rings is 1. The average Bonchev–Trinajstić information content (AvgIpc) is 3.23. The minimum Gasteiger partial charge on any atom is -0.370 e. The van der Waals surface area contributed by atoms with E-state index in [9.17, 15) is 9.59 Å². The molecule has 0 aliphatic rings. The third-order valence-corrected chi connectivity index (χ3v) is 6.35. The summed E-state index contributed by atoms with van der Waals surface area (Å²) in [4.78, 5) is 31.7. The molecule has 188 valence electrons. The Hall–Kier alpha value is -2.21.